The topological polar surface area (TPSA) is 96.9 Å². The summed E-state index contributed by atoms with van der Waals surface area (Å²) in [5.74, 6) is -0.0923. The fourth-order valence-corrected chi connectivity index (χ4v) is 2.86. The highest BCUT2D eigenvalue weighted by molar-refractivity contribution is 7.92. The highest BCUT2D eigenvalue weighted by Crippen LogP contribution is 2.21. The van der Waals surface area contributed by atoms with E-state index in [4.69, 9.17) is 11.6 Å². The van der Waals surface area contributed by atoms with E-state index < -0.39 is 10.0 Å². The zero-order valence-electron chi connectivity index (χ0n) is 11.2. The summed E-state index contributed by atoms with van der Waals surface area (Å²) in [4.78, 5) is 3.80. The van der Waals surface area contributed by atoms with Crippen LogP contribution in [-0.2, 0) is 16.6 Å². The van der Waals surface area contributed by atoms with E-state index in [0.717, 1.165) is 12.1 Å². The minimum Gasteiger partial charge on any atom is -0.313 e. The highest BCUT2D eigenvalue weighted by Gasteiger charge is 2.17. The molecule has 0 aliphatic carbocycles. The molecule has 1 aromatic carbocycles. The van der Waals surface area contributed by atoms with Crippen LogP contribution in [0.3, 0.4) is 0 Å². The van der Waals surface area contributed by atoms with Crippen LogP contribution in [0.25, 0.3) is 0 Å². The van der Waals surface area contributed by atoms with Gasteiger partial charge in [0.2, 0.25) is 0 Å². The van der Waals surface area contributed by atoms with E-state index in [-0.39, 0.29) is 10.8 Å². The van der Waals surface area contributed by atoms with E-state index in [1.165, 1.54) is 24.5 Å². The molecule has 0 atom stereocenters. The Morgan fingerprint density at radius 1 is 1.29 bits per heavy atom. The lowest BCUT2D eigenvalue weighted by Gasteiger charge is -2.09. The van der Waals surface area contributed by atoms with Crippen molar-refractivity contribution in [3.05, 3.63) is 41.2 Å². The van der Waals surface area contributed by atoms with Crippen LogP contribution in [0, 0.1) is 0 Å². The maximum atomic E-state index is 12.2. The van der Waals surface area contributed by atoms with Gasteiger partial charge in [-0.25, -0.2) is 18.1 Å². The average Bonchev–Trinajstić information content (AvgIpc) is 2.46. The summed E-state index contributed by atoms with van der Waals surface area (Å²) >= 11 is 6.10. The summed E-state index contributed by atoms with van der Waals surface area (Å²) in [6, 6.07) is 4.55. The zero-order valence-corrected chi connectivity index (χ0v) is 12.8. The maximum absolute atomic E-state index is 12.2. The van der Waals surface area contributed by atoms with Gasteiger partial charge in [0, 0.05) is 11.6 Å². The van der Waals surface area contributed by atoms with Gasteiger partial charge in [-0.15, -0.1) is 5.10 Å². The van der Waals surface area contributed by atoms with Crippen molar-refractivity contribution in [3.63, 3.8) is 0 Å². The lowest BCUT2D eigenvalue weighted by atomic mass is 10.2. The van der Waals surface area contributed by atoms with Gasteiger partial charge in [0.05, 0.1) is 17.3 Å². The Labute approximate surface area is 127 Å². The van der Waals surface area contributed by atoms with Crippen molar-refractivity contribution < 1.29 is 8.42 Å². The number of hydrogen-bond acceptors (Lipinski definition) is 6. The van der Waals surface area contributed by atoms with Crippen LogP contribution in [0.1, 0.15) is 12.5 Å². The first-order valence-corrected chi connectivity index (χ1v) is 8.04. The third kappa shape index (κ3) is 4.10. The lowest BCUT2D eigenvalue weighted by molar-refractivity contribution is 0.600. The van der Waals surface area contributed by atoms with E-state index in [2.05, 4.69) is 25.2 Å². The third-order valence-corrected chi connectivity index (χ3v) is 4.29. The van der Waals surface area contributed by atoms with Gasteiger partial charge < -0.3 is 5.32 Å². The van der Waals surface area contributed by atoms with Crippen LogP contribution in [0.15, 0.2) is 35.5 Å². The van der Waals surface area contributed by atoms with Crippen LogP contribution in [0.4, 0.5) is 5.95 Å². The minimum absolute atomic E-state index is 0.0419. The molecule has 9 heteroatoms. The Morgan fingerprint density at radius 2 is 2.10 bits per heavy atom. The Kier molecular flexibility index (Phi) is 5.05. The van der Waals surface area contributed by atoms with E-state index in [0.29, 0.717) is 11.6 Å². The summed E-state index contributed by atoms with van der Waals surface area (Å²) in [5.41, 5.74) is 0.829. The Morgan fingerprint density at radius 3 is 2.71 bits per heavy atom. The molecule has 7 nitrogen and oxygen atoms in total. The van der Waals surface area contributed by atoms with Crippen molar-refractivity contribution in [1.29, 1.82) is 0 Å². The standard InChI is InChI=1S/C12H14ClN5O2S/c1-2-14-8-9-3-4-10(7-11(9)13)21(19,20)18-12-15-5-6-16-17-12/h3-7,14H,2,8H2,1H3,(H,15,17,18). The van der Waals surface area contributed by atoms with Gasteiger partial charge in [0.1, 0.15) is 0 Å². The normalized spacial score (nSPS) is 11.3. The largest absolute Gasteiger partial charge is 0.313 e. The molecule has 0 amide bonds. The first-order chi connectivity index (χ1) is 10.0. The number of halogens is 1. The molecule has 0 aliphatic rings. The summed E-state index contributed by atoms with van der Waals surface area (Å²) in [6.07, 6.45) is 2.70. The quantitative estimate of drug-likeness (QED) is 0.833. The molecule has 0 radical (unpaired) electrons. The van der Waals surface area contributed by atoms with Crippen LogP contribution in [-0.4, -0.2) is 30.1 Å². The molecule has 0 spiro atoms. The molecule has 0 fully saturated rings. The van der Waals surface area contributed by atoms with Crippen LogP contribution in [0.2, 0.25) is 5.02 Å². The third-order valence-electron chi connectivity index (χ3n) is 2.61. The van der Waals surface area contributed by atoms with Crippen molar-refractivity contribution in [2.24, 2.45) is 0 Å². The summed E-state index contributed by atoms with van der Waals surface area (Å²) in [7, 11) is -3.79. The average molecular weight is 328 g/mol. The number of anilines is 1. The number of sulfonamides is 1. The maximum Gasteiger partial charge on any atom is 0.264 e. The zero-order chi connectivity index (χ0) is 15.3. The van der Waals surface area contributed by atoms with Gasteiger partial charge in [0.25, 0.3) is 16.0 Å². The second-order valence-corrected chi connectivity index (χ2v) is 6.19. The predicted octanol–water partition coefficient (Wildman–Crippen LogP) is 1.44. The fourth-order valence-electron chi connectivity index (χ4n) is 1.57. The lowest BCUT2D eigenvalue weighted by Crippen LogP contribution is -2.16. The molecule has 0 saturated carbocycles. The van der Waals surface area contributed by atoms with E-state index in [1.807, 2.05) is 6.92 Å². The number of hydrogen-bond donors (Lipinski definition) is 2. The minimum atomic E-state index is -3.79. The number of benzene rings is 1. The summed E-state index contributed by atoms with van der Waals surface area (Å²) in [5, 5.41) is 10.6. The fraction of sp³-hybridized carbons (Fsp3) is 0.250. The second kappa shape index (κ2) is 6.79. The van der Waals surface area contributed by atoms with Crippen molar-refractivity contribution in [1.82, 2.24) is 20.5 Å². The molecule has 0 bridgehead atoms. The van der Waals surface area contributed by atoms with Gasteiger partial charge >= 0.3 is 0 Å². The molecule has 2 aromatic rings. The van der Waals surface area contributed by atoms with Crippen molar-refractivity contribution in [3.8, 4) is 0 Å². The van der Waals surface area contributed by atoms with Crippen molar-refractivity contribution >= 4 is 27.6 Å². The van der Waals surface area contributed by atoms with E-state index >= 15 is 0 Å². The molecule has 1 heterocycles. The van der Waals surface area contributed by atoms with Gasteiger partial charge in [-0.3, -0.25) is 0 Å². The highest BCUT2D eigenvalue weighted by atomic mass is 35.5. The van der Waals surface area contributed by atoms with Gasteiger partial charge in [-0.05, 0) is 24.2 Å². The number of nitrogens with zero attached hydrogens (tertiary/aromatic N) is 3. The molecule has 112 valence electrons. The molecule has 2 N–H and O–H groups in total. The first-order valence-electron chi connectivity index (χ1n) is 6.18. The Bertz CT molecular complexity index is 709. The van der Waals surface area contributed by atoms with Crippen LogP contribution in [0.5, 0.6) is 0 Å². The van der Waals surface area contributed by atoms with Gasteiger partial charge in [0.15, 0.2) is 0 Å². The molecule has 2 rings (SSSR count). The molecule has 0 aliphatic heterocycles. The molecule has 0 saturated heterocycles. The Hall–Kier alpha value is -1.77. The molecule has 1 aromatic heterocycles. The van der Waals surface area contributed by atoms with E-state index in [9.17, 15) is 8.42 Å². The number of aromatic nitrogens is 3. The van der Waals surface area contributed by atoms with Crippen molar-refractivity contribution in [2.75, 3.05) is 11.3 Å². The van der Waals surface area contributed by atoms with E-state index in [1.54, 1.807) is 6.07 Å². The van der Waals surface area contributed by atoms with Gasteiger partial charge in [-0.1, -0.05) is 24.6 Å². The monoisotopic (exact) mass is 327 g/mol. The molecule has 21 heavy (non-hydrogen) atoms. The van der Waals surface area contributed by atoms with Crippen LogP contribution >= 0.6 is 11.6 Å². The van der Waals surface area contributed by atoms with Gasteiger partial charge in [-0.2, -0.15) is 5.10 Å². The molecular weight excluding hydrogens is 314 g/mol. The molecular formula is C12H14ClN5O2S. The predicted molar refractivity (Wildman–Crippen MR) is 79.5 cm³/mol. The SMILES string of the molecule is CCNCc1ccc(S(=O)(=O)Nc2nccnn2)cc1Cl. The first kappa shape index (κ1) is 15.6. The molecule has 0 unspecified atom stereocenters. The summed E-state index contributed by atoms with van der Waals surface area (Å²) in [6.45, 7) is 3.36. The second-order valence-electron chi connectivity index (χ2n) is 4.11. The summed E-state index contributed by atoms with van der Waals surface area (Å²) < 4.78 is 26.6. The van der Waals surface area contributed by atoms with Crippen molar-refractivity contribution in [2.45, 2.75) is 18.4 Å². The smallest absolute Gasteiger partial charge is 0.264 e. The van der Waals surface area contributed by atoms with Crippen LogP contribution < -0.4 is 10.0 Å². The Balaban J connectivity index is 2.22. The number of nitrogens with one attached hydrogen (secondary N) is 2. The number of rotatable bonds is 6.